The Balaban J connectivity index is 2.61. The molecule has 1 atom stereocenters. The van der Waals surface area contributed by atoms with Crippen molar-refractivity contribution in [3.63, 3.8) is 0 Å². The maximum Gasteiger partial charge on any atom is 0.111 e. The Bertz CT molecular complexity index is 304. The summed E-state index contributed by atoms with van der Waals surface area (Å²) in [6.45, 7) is 11.0. The molecule has 0 radical (unpaired) electrons. The third-order valence-corrected chi connectivity index (χ3v) is 3.00. The average molecular weight is 237 g/mol. The maximum absolute atomic E-state index is 4.44. The van der Waals surface area contributed by atoms with Crippen LogP contribution in [0, 0.1) is 0 Å². The van der Waals surface area contributed by atoms with E-state index < -0.39 is 0 Å². The molecule has 1 rings (SSSR count). The second-order valence-corrected chi connectivity index (χ2v) is 5.03. The van der Waals surface area contributed by atoms with Gasteiger partial charge < -0.3 is 9.88 Å². The Kier molecular flexibility index (Phi) is 6.27. The Labute approximate surface area is 106 Å². The number of hydrogen-bond donors (Lipinski definition) is 1. The van der Waals surface area contributed by atoms with Crippen LogP contribution in [0.15, 0.2) is 12.4 Å². The number of nitrogens with zero attached hydrogens (tertiary/aromatic N) is 2. The summed E-state index contributed by atoms with van der Waals surface area (Å²) in [6.07, 6.45) is 7.67. The van der Waals surface area contributed by atoms with Gasteiger partial charge in [-0.05, 0) is 19.4 Å². The Morgan fingerprint density at radius 3 is 2.65 bits per heavy atom. The lowest BCUT2D eigenvalue weighted by molar-refractivity contribution is 0.411. The zero-order valence-corrected chi connectivity index (χ0v) is 11.7. The molecule has 1 heterocycles. The standard InChI is InChI=1S/C14H27N3/c1-5-7-13(15-8-6-2)11-17-10-9-16-14(17)12(3)4/h9-10,12-13,15H,5-8,11H2,1-4H3. The molecule has 0 aliphatic carbocycles. The molecule has 1 unspecified atom stereocenters. The highest BCUT2D eigenvalue weighted by atomic mass is 15.1. The van der Waals surface area contributed by atoms with Gasteiger partial charge in [-0.2, -0.15) is 0 Å². The van der Waals surface area contributed by atoms with Crippen molar-refractivity contribution in [2.24, 2.45) is 0 Å². The molecule has 0 aliphatic heterocycles. The summed E-state index contributed by atoms with van der Waals surface area (Å²) in [5.74, 6) is 1.70. The van der Waals surface area contributed by atoms with Crippen LogP contribution in [0.25, 0.3) is 0 Å². The lowest BCUT2D eigenvalue weighted by Gasteiger charge is -2.20. The summed E-state index contributed by atoms with van der Waals surface area (Å²) in [4.78, 5) is 4.44. The quantitative estimate of drug-likeness (QED) is 0.752. The van der Waals surface area contributed by atoms with Crippen molar-refractivity contribution >= 4 is 0 Å². The van der Waals surface area contributed by atoms with Crippen LogP contribution < -0.4 is 5.32 Å². The predicted molar refractivity (Wildman–Crippen MR) is 73.3 cm³/mol. The van der Waals surface area contributed by atoms with Gasteiger partial charge in [0.1, 0.15) is 5.82 Å². The number of imidazole rings is 1. The van der Waals surface area contributed by atoms with Crippen LogP contribution in [0.1, 0.15) is 58.7 Å². The molecule has 1 N–H and O–H groups in total. The maximum atomic E-state index is 4.44. The summed E-state index contributed by atoms with van der Waals surface area (Å²) in [5.41, 5.74) is 0. The molecule has 1 aromatic rings. The molecule has 0 bridgehead atoms. The topological polar surface area (TPSA) is 29.9 Å². The molecule has 1 aromatic heterocycles. The number of hydrogen-bond acceptors (Lipinski definition) is 2. The van der Waals surface area contributed by atoms with Gasteiger partial charge >= 0.3 is 0 Å². The first kappa shape index (κ1) is 14.2. The van der Waals surface area contributed by atoms with Crippen LogP contribution >= 0.6 is 0 Å². The zero-order valence-electron chi connectivity index (χ0n) is 11.7. The summed E-state index contributed by atoms with van der Waals surface area (Å²) >= 11 is 0. The van der Waals surface area contributed by atoms with E-state index in [9.17, 15) is 0 Å². The molecule has 0 aliphatic rings. The van der Waals surface area contributed by atoms with Gasteiger partial charge in [0.2, 0.25) is 0 Å². The lowest BCUT2D eigenvalue weighted by Crippen LogP contribution is -2.34. The van der Waals surface area contributed by atoms with E-state index in [1.165, 1.54) is 25.1 Å². The second-order valence-electron chi connectivity index (χ2n) is 5.03. The van der Waals surface area contributed by atoms with E-state index in [1.54, 1.807) is 0 Å². The molecule has 0 saturated carbocycles. The third-order valence-electron chi connectivity index (χ3n) is 3.00. The molecule has 98 valence electrons. The Morgan fingerprint density at radius 2 is 2.06 bits per heavy atom. The van der Waals surface area contributed by atoms with Gasteiger partial charge in [-0.1, -0.05) is 34.1 Å². The normalized spacial score (nSPS) is 13.2. The summed E-state index contributed by atoms with van der Waals surface area (Å²) in [5, 5.41) is 3.63. The number of aromatic nitrogens is 2. The molecular formula is C14H27N3. The van der Waals surface area contributed by atoms with Crippen LogP contribution in [0.3, 0.4) is 0 Å². The first-order valence-electron chi connectivity index (χ1n) is 6.93. The Hall–Kier alpha value is -0.830. The Morgan fingerprint density at radius 1 is 1.29 bits per heavy atom. The monoisotopic (exact) mass is 237 g/mol. The predicted octanol–water partition coefficient (Wildman–Crippen LogP) is 3.17. The SMILES string of the molecule is CCCNC(CCC)Cn1ccnc1C(C)C. The second kappa shape index (κ2) is 7.49. The summed E-state index contributed by atoms with van der Waals surface area (Å²) in [7, 11) is 0. The molecule has 0 fully saturated rings. The number of nitrogens with one attached hydrogen (secondary N) is 1. The first-order valence-corrected chi connectivity index (χ1v) is 6.93. The van der Waals surface area contributed by atoms with Gasteiger partial charge in [0.15, 0.2) is 0 Å². The fourth-order valence-corrected chi connectivity index (χ4v) is 2.17. The molecule has 3 nitrogen and oxygen atoms in total. The lowest BCUT2D eigenvalue weighted by atomic mass is 10.1. The third kappa shape index (κ3) is 4.50. The fourth-order valence-electron chi connectivity index (χ4n) is 2.17. The van der Waals surface area contributed by atoms with Crippen molar-refractivity contribution in [2.45, 2.75) is 65.5 Å². The highest BCUT2D eigenvalue weighted by Crippen LogP contribution is 2.13. The van der Waals surface area contributed by atoms with Crippen molar-refractivity contribution in [2.75, 3.05) is 6.54 Å². The van der Waals surface area contributed by atoms with E-state index in [-0.39, 0.29) is 0 Å². The molecule has 0 aromatic carbocycles. The minimum atomic E-state index is 0.499. The van der Waals surface area contributed by atoms with Crippen molar-refractivity contribution < 1.29 is 0 Å². The van der Waals surface area contributed by atoms with Gasteiger partial charge in [-0.3, -0.25) is 0 Å². The van der Waals surface area contributed by atoms with E-state index >= 15 is 0 Å². The van der Waals surface area contributed by atoms with Crippen molar-refractivity contribution in [1.82, 2.24) is 14.9 Å². The van der Waals surface area contributed by atoms with Gasteiger partial charge in [0.25, 0.3) is 0 Å². The van der Waals surface area contributed by atoms with Crippen molar-refractivity contribution in [3.05, 3.63) is 18.2 Å². The van der Waals surface area contributed by atoms with Gasteiger partial charge in [0, 0.05) is 30.9 Å². The van der Waals surface area contributed by atoms with E-state index in [0.29, 0.717) is 12.0 Å². The van der Waals surface area contributed by atoms with E-state index in [0.717, 1.165) is 13.1 Å². The van der Waals surface area contributed by atoms with Gasteiger partial charge in [-0.25, -0.2) is 4.98 Å². The van der Waals surface area contributed by atoms with Crippen LogP contribution in [0.5, 0.6) is 0 Å². The first-order chi connectivity index (χ1) is 8.19. The van der Waals surface area contributed by atoms with E-state index in [2.05, 4.69) is 48.8 Å². The fraction of sp³-hybridized carbons (Fsp3) is 0.786. The highest BCUT2D eigenvalue weighted by Gasteiger charge is 2.12. The van der Waals surface area contributed by atoms with E-state index in [1.807, 2.05) is 6.20 Å². The van der Waals surface area contributed by atoms with Crippen molar-refractivity contribution in [3.8, 4) is 0 Å². The molecule has 17 heavy (non-hydrogen) atoms. The minimum absolute atomic E-state index is 0.499. The largest absolute Gasteiger partial charge is 0.333 e. The van der Waals surface area contributed by atoms with Crippen LogP contribution in [0.4, 0.5) is 0 Å². The van der Waals surface area contributed by atoms with Crippen LogP contribution in [-0.2, 0) is 6.54 Å². The number of rotatable bonds is 8. The summed E-state index contributed by atoms with van der Waals surface area (Å²) in [6, 6.07) is 0.576. The van der Waals surface area contributed by atoms with Gasteiger partial charge in [0.05, 0.1) is 0 Å². The van der Waals surface area contributed by atoms with Crippen LogP contribution in [-0.4, -0.2) is 22.1 Å². The highest BCUT2D eigenvalue weighted by molar-refractivity contribution is 4.98. The van der Waals surface area contributed by atoms with Gasteiger partial charge in [-0.15, -0.1) is 0 Å². The van der Waals surface area contributed by atoms with Crippen LogP contribution in [0.2, 0.25) is 0 Å². The minimum Gasteiger partial charge on any atom is -0.333 e. The van der Waals surface area contributed by atoms with E-state index in [4.69, 9.17) is 0 Å². The smallest absolute Gasteiger partial charge is 0.111 e. The zero-order chi connectivity index (χ0) is 12.7. The summed E-state index contributed by atoms with van der Waals surface area (Å²) < 4.78 is 2.30. The molecular weight excluding hydrogens is 210 g/mol. The average Bonchev–Trinajstić information content (AvgIpc) is 2.74. The van der Waals surface area contributed by atoms with Crippen molar-refractivity contribution in [1.29, 1.82) is 0 Å². The molecule has 0 saturated heterocycles. The molecule has 0 amide bonds. The molecule has 0 spiro atoms. The molecule has 3 heteroatoms.